The minimum absolute atomic E-state index is 0.0822. The first kappa shape index (κ1) is 21.8. The van der Waals surface area contributed by atoms with E-state index in [9.17, 15) is 5.11 Å². The van der Waals surface area contributed by atoms with Crippen LogP contribution >= 0.6 is 0 Å². The summed E-state index contributed by atoms with van der Waals surface area (Å²) in [7, 11) is 0. The molecule has 4 aliphatic carbocycles. The molecule has 3 fully saturated rings. The Morgan fingerprint density at radius 3 is 2.41 bits per heavy atom. The van der Waals surface area contributed by atoms with Crippen molar-refractivity contribution in [3.63, 3.8) is 0 Å². The molecule has 0 aromatic carbocycles. The third-order valence-corrected chi connectivity index (χ3v) is 11.3. The Balaban J connectivity index is 1.50. The van der Waals surface area contributed by atoms with E-state index < -0.39 is 0 Å². The Morgan fingerprint density at radius 2 is 1.69 bits per heavy atom. The summed E-state index contributed by atoms with van der Waals surface area (Å²) >= 11 is 0. The lowest BCUT2D eigenvalue weighted by Crippen LogP contribution is -2.53. The van der Waals surface area contributed by atoms with Gasteiger partial charge in [-0.25, -0.2) is 0 Å². The van der Waals surface area contributed by atoms with Gasteiger partial charge in [0.2, 0.25) is 0 Å². The first-order valence-corrected chi connectivity index (χ1v) is 13.1. The van der Waals surface area contributed by atoms with Crippen molar-refractivity contribution in [1.29, 1.82) is 0 Å². The number of hydrogen-bond donors (Lipinski definition) is 1. The maximum Gasteiger partial charge on any atom is 0.0947 e. The Morgan fingerprint density at radius 1 is 0.931 bits per heavy atom. The summed E-state index contributed by atoms with van der Waals surface area (Å²) in [6.45, 7) is 14.9. The average Bonchev–Trinajstić information content (AvgIpc) is 3.04. The number of allylic oxidation sites excluding steroid dienone is 2. The summed E-state index contributed by atoms with van der Waals surface area (Å²) in [5.74, 6) is 7.45. The van der Waals surface area contributed by atoms with E-state index >= 15 is 0 Å². The van der Waals surface area contributed by atoms with Gasteiger partial charge in [-0.05, 0) is 110 Å². The van der Waals surface area contributed by atoms with Crippen LogP contribution in [0.15, 0.2) is 11.8 Å². The largest absolute Gasteiger partial charge is 0.512 e. The van der Waals surface area contributed by atoms with Gasteiger partial charge >= 0.3 is 0 Å². The van der Waals surface area contributed by atoms with Crippen LogP contribution in [0.2, 0.25) is 0 Å². The summed E-state index contributed by atoms with van der Waals surface area (Å²) in [4.78, 5) is 0. The standard InChI is InChI=1S/C28H48O/c1-18(2)19(3)10-11-20(4)23-14-15-24-22-13-12-21-8-7-9-26(29)28(21,6)25(22)16-17-27(23,24)5/h9,18-25,29H,7-8,10-17H2,1-6H3/t19-,20+,21?,22-,23+,24-,25-,27+,28-/m0/s1. The molecule has 1 unspecified atom stereocenters. The summed E-state index contributed by atoms with van der Waals surface area (Å²) in [5, 5.41) is 11.0. The lowest BCUT2D eigenvalue weighted by atomic mass is 9.45. The van der Waals surface area contributed by atoms with E-state index in [-0.39, 0.29) is 5.41 Å². The van der Waals surface area contributed by atoms with Crippen molar-refractivity contribution in [2.45, 2.75) is 106 Å². The van der Waals surface area contributed by atoms with Crippen LogP contribution in [0.1, 0.15) is 106 Å². The second-order valence-corrected chi connectivity index (χ2v) is 12.6. The fourth-order valence-electron chi connectivity index (χ4n) is 8.95. The first-order chi connectivity index (χ1) is 13.7. The SMILES string of the molecule is CC(C)[C@@H](C)CC[C@@H](C)[C@H]1CC[C@H]2[C@@H]3CCC4CCC=C(O)[C@]4(C)[C@H]3CC[C@]12C. The predicted molar refractivity (Wildman–Crippen MR) is 124 cm³/mol. The van der Waals surface area contributed by atoms with Crippen molar-refractivity contribution in [3.8, 4) is 0 Å². The van der Waals surface area contributed by atoms with Crippen molar-refractivity contribution in [2.24, 2.45) is 58.2 Å². The van der Waals surface area contributed by atoms with Crippen LogP contribution in [-0.4, -0.2) is 5.11 Å². The van der Waals surface area contributed by atoms with Crippen molar-refractivity contribution in [2.75, 3.05) is 0 Å². The lowest BCUT2D eigenvalue weighted by Gasteiger charge is -2.60. The number of aliphatic hydroxyl groups is 1. The third kappa shape index (κ3) is 3.41. The zero-order chi connectivity index (χ0) is 21.0. The van der Waals surface area contributed by atoms with Gasteiger partial charge in [0.15, 0.2) is 0 Å². The van der Waals surface area contributed by atoms with Crippen LogP contribution in [0.4, 0.5) is 0 Å². The van der Waals surface area contributed by atoms with Gasteiger partial charge in [0, 0.05) is 5.41 Å². The molecule has 1 nitrogen and oxygen atoms in total. The van der Waals surface area contributed by atoms with Crippen molar-refractivity contribution < 1.29 is 5.11 Å². The molecule has 0 radical (unpaired) electrons. The molecule has 1 N–H and O–H groups in total. The first-order valence-electron chi connectivity index (χ1n) is 13.1. The fourth-order valence-corrected chi connectivity index (χ4v) is 8.95. The molecule has 0 amide bonds. The highest BCUT2D eigenvalue weighted by atomic mass is 16.3. The van der Waals surface area contributed by atoms with Crippen LogP contribution in [0, 0.1) is 58.2 Å². The minimum Gasteiger partial charge on any atom is -0.512 e. The van der Waals surface area contributed by atoms with E-state index in [1.807, 2.05) is 0 Å². The topological polar surface area (TPSA) is 20.2 Å². The average molecular weight is 401 g/mol. The van der Waals surface area contributed by atoms with Crippen molar-refractivity contribution in [1.82, 2.24) is 0 Å². The van der Waals surface area contributed by atoms with Crippen LogP contribution in [0.25, 0.3) is 0 Å². The van der Waals surface area contributed by atoms with Crippen molar-refractivity contribution >= 4 is 0 Å². The van der Waals surface area contributed by atoms with Crippen LogP contribution in [-0.2, 0) is 0 Å². The van der Waals surface area contributed by atoms with Gasteiger partial charge in [-0.1, -0.05) is 54.4 Å². The fraction of sp³-hybridized carbons (Fsp3) is 0.929. The normalized spacial score (nSPS) is 46.4. The van der Waals surface area contributed by atoms with Gasteiger partial charge in [-0.2, -0.15) is 0 Å². The molecule has 0 aromatic heterocycles. The summed E-state index contributed by atoms with van der Waals surface area (Å²) in [5.41, 5.74) is 0.637. The number of hydrogen-bond acceptors (Lipinski definition) is 1. The van der Waals surface area contributed by atoms with Gasteiger partial charge in [-0.3, -0.25) is 0 Å². The number of fused-ring (bicyclic) bond motifs is 5. The van der Waals surface area contributed by atoms with Gasteiger partial charge in [0.1, 0.15) is 0 Å². The molecule has 0 spiro atoms. The molecular formula is C28H48O. The smallest absolute Gasteiger partial charge is 0.0947 e. The molecule has 0 heterocycles. The molecular weight excluding hydrogens is 352 g/mol. The van der Waals surface area contributed by atoms with Gasteiger partial charge < -0.3 is 5.11 Å². The van der Waals surface area contributed by atoms with E-state index in [4.69, 9.17) is 0 Å². The van der Waals surface area contributed by atoms with Gasteiger partial charge in [-0.15, -0.1) is 0 Å². The van der Waals surface area contributed by atoms with Gasteiger partial charge in [0.05, 0.1) is 5.76 Å². The van der Waals surface area contributed by atoms with E-state index in [0.717, 1.165) is 59.5 Å². The van der Waals surface area contributed by atoms with Crippen LogP contribution in [0.5, 0.6) is 0 Å². The third-order valence-electron chi connectivity index (χ3n) is 11.3. The molecule has 29 heavy (non-hydrogen) atoms. The Labute approximate surface area is 181 Å². The zero-order valence-corrected chi connectivity index (χ0v) is 20.2. The zero-order valence-electron chi connectivity index (χ0n) is 20.2. The summed E-state index contributed by atoms with van der Waals surface area (Å²) in [6.07, 6.45) is 15.9. The summed E-state index contributed by atoms with van der Waals surface area (Å²) < 4.78 is 0. The van der Waals surface area contributed by atoms with Crippen LogP contribution < -0.4 is 0 Å². The van der Waals surface area contributed by atoms with E-state index in [1.165, 1.54) is 57.8 Å². The molecule has 4 rings (SSSR count). The molecule has 0 saturated heterocycles. The number of rotatable bonds is 5. The second-order valence-electron chi connectivity index (χ2n) is 12.6. The molecule has 0 aromatic rings. The molecule has 3 saturated carbocycles. The maximum absolute atomic E-state index is 11.0. The highest BCUT2D eigenvalue weighted by Gasteiger charge is 2.61. The van der Waals surface area contributed by atoms with Crippen LogP contribution in [0.3, 0.4) is 0 Å². The molecule has 1 heteroatoms. The highest BCUT2D eigenvalue weighted by molar-refractivity contribution is 5.19. The molecule has 4 aliphatic rings. The Kier molecular flexibility index (Phi) is 5.93. The minimum atomic E-state index is 0.0822. The quantitative estimate of drug-likeness (QED) is 0.491. The highest BCUT2D eigenvalue weighted by Crippen LogP contribution is 2.68. The molecule has 0 bridgehead atoms. The molecule has 166 valence electrons. The predicted octanol–water partition coefficient (Wildman–Crippen LogP) is 8.41. The second kappa shape index (κ2) is 7.90. The van der Waals surface area contributed by atoms with Gasteiger partial charge in [0.25, 0.3) is 0 Å². The monoisotopic (exact) mass is 400 g/mol. The maximum atomic E-state index is 11.0. The van der Waals surface area contributed by atoms with Crippen molar-refractivity contribution in [3.05, 3.63) is 11.8 Å². The van der Waals surface area contributed by atoms with E-state index in [0.29, 0.717) is 5.41 Å². The Hall–Kier alpha value is -0.460. The molecule has 9 atom stereocenters. The lowest BCUT2D eigenvalue weighted by molar-refractivity contribution is -0.102. The number of aliphatic hydroxyl groups excluding tert-OH is 1. The summed E-state index contributed by atoms with van der Waals surface area (Å²) in [6, 6.07) is 0. The Bertz CT molecular complexity index is 620. The van der Waals surface area contributed by atoms with E-state index in [1.54, 1.807) is 0 Å². The molecule has 0 aliphatic heterocycles. The van der Waals surface area contributed by atoms with E-state index in [2.05, 4.69) is 47.6 Å².